The molecule has 4 aromatic rings. The molecule has 0 spiro atoms. The molecule has 0 unspecified atom stereocenters. The summed E-state index contributed by atoms with van der Waals surface area (Å²) in [6.45, 7) is 9.44. The van der Waals surface area contributed by atoms with Crippen LogP contribution in [0.4, 0.5) is 17.1 Å². The fourth-order valence-corrected chi connectivity index (χ4v) is 4.06. The molecule has 5 heteroatoms. The Bertz CT molecular complexity index is 1320. The number of ether oxygens (including phenoxy) is 1. The van der Waals surface area contributed by atoms with Gasteiger partial charge in [-0.3, -0.25) is 0 Å². The lowest BCUT2D eigenvalue weighted by Crippen LogP contribution is -2.14. The molecule has 4 rings (SSSR count). The zero-order valence-corrected chi connectivity index (χ0v) is 20.0. The summed E-state index contributed by atoms with van der Waals surface area (Å²) < 4.78 is 6.13. The molecule has 5 nitrogen and oxygen atoms in total. The largest absolute Gasteiger partial charge is 0.508 e. The van der Waals surface area contributed by atoms with Crippen molar-refractivity contribution in [3.05, 3.63) is 94.5 Å². The van der Waals surface area contributed by atoms with Gasteiger partial charge in [0.1, 0.15) is 28.7 Å². The van der Waals surface area contributed by atoms with Crippen LogP contribution in [-0.2, 0) is 0 Å². The van der Waals surface area contributed by atoms with Gasteiger partial charge in [0.05, 0.1) is 17.1 Å². The number of hydrogen-bond acceptors (Lipinski definition) is 5. The van der Waals surface area contributed by atoms with E-state index in [9.17, 15) is 15.3 Å². The Morgan fingerprint density at radius 3 is 1.71 bits per heavy atom. The summed E-state index contributed by atoms with van der Waals surface area (Å²) in [5.41, 5.74) is 5.94. The maximum Gasteiger partial charge on any atom is 0.142 e. The van der Waals surface area contributed by atoms with Crippen LogP contribution >= 0.6 is 0 Å². The third kappa shape index (κ3) is 4.25. The van der Waals surface area contributed by atoms with E-state index < -0.39 is 0 Å². The number of nitrogens with zero attached hydrogens (tertiary/aromatic N) is 1. The van der Waals surface area contributed by atoms with Gasteiger partial charge in [0.15, 0.2) is 0 Å². The molecule has 3 N–H and O–H groups in total. The number of phenols is 3. The third-order valence-corrected chi connectivity index (χ3v) is 6.02. The molecule has 0 radical (unpaired) electrons. The second kappa shape index (κ2) is 9.02. The summed E-state index contributed by atoms with van der Waals surface area (Å²) in [7, 11) is 0. The molecule has 0 bridgehead atoms. The standard InChI is InChI=1S/C29H29NO4/c1-17-9-11-19(3)28(32)26(17)30(27-18(2)10-12-20(4)29(27)33)22-7-6-8-24(16-22)34-25-14-13-23(31)15-21(25)5/h6-16,31-33H,1-5H3. The van der Waals surface area contributed by atoms with Crippen molar-refractivity contribution in [1.82, 2.24) is 0 Å². The minimum Gasteiger partial charge on any atom is -0.508 e. The second-order valence-electron chi connectivity index (χ2n) is 8.68. The molecule has 0 aliphatic rings. The van der Waals surface area contributed by atoms with Crippen LogP contribution in [0.5, 0.6) is 28.7 Å². The summed E-state index contributed by atoms with van der Waals surface area (Å²) in [6.07, 6.45) is 0. The topological polar surface area (TPSA) is 73.2 Å². The minimum absolute atomic E-state index is 0.154. The van der Waals surface area contributed by atoms with Gasteiger partial charge in [0.2, 0.25) is 0 Å². The zero-order chi connectivity index (χ0) is 24.6. The van der Waals surface area contributed by atoms with Crippen molar-refractivity contribution < 1.29 is 20.1 Å². The summed E-state index contributed by atoms with van der Waals surface area (Å²) in [4.78, 5) is 1.88. The first-order valence-corrected chi connectivity index (χ1v) is 11.1. The Morgan fingerprint density at radius 2 is 1.15 bits per heavy atom. The van der Waals surface area contributed by atoms with Crippen LogP contribution in [0, 0.1) is 34.6 Å². The van der Waals surface area contributed by atoms with E-state index in [4.69, 9.17) is 4.74 Å². The molecule has 0 saturated carbocycles. The van der Waals surface area contributed by atoms with Crippen LogP contribution in [0.3, 0.4) is 0 Å². The Kier molecular flexibility index (Phi) is 6.12. The van der Waals surface area contributed by atoms with E-state index in [0.29, 0.717) is 22.9 Å². The van der Waals surface area contributed by atoms with Gasteiger partial charge in [0.25, 0.3) is 0 Å². The molecule has 0 aliphatic carbocycles. The second-order valence-corrected chi connectivity index (χ2v) is 8.68. The monoisotopic (exact) mass is 455 g/mol. The van der Waals surface area contributed by atoms with Crippen LogP contribution in [-0.4, -0.2) is 15.3 Å². The van der Waals surface area contributed by atoms with Gasteiger partial charge < -0.3 is 25.0 Å². The molecule has 0 aliphatic heterocycles. The fraction of sp³-hybridized carbons (Fsp3) is 0.172. The highest BCUT2D eigenvalue weighted by Crippen LogP contribution is 2.49. The van der Waals surface area contributed by atoms with Crippen molar-refractivity contribution in [2.75, 3.05) is 4.90 Å². The van der Waals surface area contributed by atoms with E-state index in [2.05, 4.69) is 0 Å². The summed E-state index contributed by atoms with van der Waals surface area (Å²) >= 11 is 0. The van der Waals surface area contributed by atoms with Crippen LogP contribution < -0.4 is 9.64 Å². The molecular weight excluding hydrogens is 426 g/mol. The van der Waals surface area contributed by atoms with Crippen molar-refractivity contribution in [3.8, 4) is 28.7 Å². The number of hydrogen-bond donors (Lipinski definition) is 3. The van der Waals surface area contributed by atoms with Crippen molar-refractivity contribution in [2.24, 2.45) is 0 Å². The lowest BCUT2D eigenvalue weighted by molar-refractivity contribution is 0.461. The highest BCUT2D eigenvalue weighted by Gasteiger charge is 2.24. The van der Waals surface area contributed by atoms with Crippen molar-refractivity contribution >= 4 is 17.1 Å². The quantitative estimate of drug-likeness (QED) is 0.289. The van der Waals surface area contributed by atoms with E-state index in [1.54, 1.807) is 18.2 Å². The molecule has 0 fully saturated rings. The zero-order valence-electron chi connectivity index (χ0n) is 20.0. The number of rotatable bonds is 5. The predicted octanol–water partition coefficient (Wildman–Crippen LogP) is 7.61. The third-order valence-electron chi connectivity index (χ3n) is 6.02. The van der Waals surface area contributed by atoms with E-state index >= 15 is 0 Å². The van der Waals surface area contributed by atoms with Crippen molar-refractivity contribution in [2.45, 2.75) is 34.6 Å². The van der Waals surface area contributed by atoms with E-state index in [0.717, 1.165) is 33.5 Å². The highest BCUT2D eigenvalue weighted by atomic mass is 16.5. The first-order chi connectivity index (χ1) is 16.2. The lowest BCUT2D eigenvalue weighted by Gasteiger charge is -2.30. The number of anilines is 3. The summed E-state index contributed by atoms with van der Waals surface area (Å²) in [6, 6.07) is 20.1. The lowest BCUT2D eigenvalue weighted by atomic mass is 10.0. The summed E-state index contributed by atoms with van der Waals surface area (Å²) in [5.74, 6) is 1.71. The first kappa shape index (κ1) is 23.1. The molecule has 34 heavy (non-hydrogen) atoms. The van der Waals surface area contributed by atoms with Gasteiger partial charge in [0, 0.05) is 6.07 Å². The van der Waals surface area contributed by atoms with E-state index in [-0.39, 0.29) is 17.2 Å². The van der Waals surface area contributed by atoms with E-state index in [1.807, 2.05) is 88.0 Å². The van der Waals surface area contributed by atoms with Crippen LogP contribution in [0.1, 0.15) is 27.8 Å². The Hall–Kier alpha value is -4.12. The van der Waals surface area contributed by atoms with Crippen LogP contribution in [0.2, 0.25) is 0 Å². The van der Waals surface area contributed by atoms with Gasteiger partial charge in [-0.05, 0) is 92.8 Å². The van der Waals surface area contributed by atoms with Gasteiger partial charge in [-0.25, -0.2) is 0 Å². The first-order valence-electron chi connectivity index (χ1n) is 11.1. The molecule has 0 atom stereocenters. The van der Waals surface area contributed by atoms with Crippen molar-refractivity contribution in [3.63, 3.8) is 0 Å². The maximum atomic E-state index is 11.1. The van der Waals surface area contributed by atoms with Crippen LogP contribution in [0.15, 0.2) is 66.7 Å². The number of phenolic OH excluding ortho intramolecular Hbond substituents is 3. The number of aromatic hydroxyl groups is 3. The Labute approximate surface area is 200 Å². The number of benzene rings is 4. The van der Waals surface area contributed by atoms with Gasteiger partial charge in [-0.1, -0.05) is 30.3 Å². The van der Waals surface area contributed by atoms with Gasteiger partial charge >= 0.3 is 0 Å². The molecule has 0 aromatic heterocycles. The van der Waals surface area contributed by atoms with Gasteiger partial charge in [-0.2, -0.15) is 0 Å². The molecule has 174 valence electrons. The van der Waals surface area contributed by atoms with Crippen molar-refractivity contribution in [1.29, 1.82) is 0 Å². The molecule has 0 amide bonds. The van der Waals surface area contributed by atoms with E-state index in [1.165, 1.54) is 0 Å². The average Bonchev–Trinajstić information content (AvgIpc) is 2.80. The minimum atomic E-state index is 0.154. The smallest absolute Gasteiger partial charge is 0.142 e. The molecule has 0 saturated heterocycles. The fourth-order valence-electron chi connectivity index (χ4n) is 4.06. The highest BCUT2D eigenvalue weighted by molar-refractivity contribution is 5.87. The SMILES string of the molecule is Cc1cc(O)ccc1Oc1cccc(N(c2c(C)ccc(C)c2O)c2c(C)ccc(C)c2O)c1. The Balaban J connectivity index is 1.92. The van der Waals surface area contributed by atoms with Crippen LogP contribution in [0.25, 0.3) is 0 Å². The molecular formula is C29H29NO4. The summed E-state index contributed by atoms with van der Waals surface area (Å²) in [5, 5.41) is 31.9. The van der Waals surface area contributed by atoms with Gasteiger partial charge in [-0.15, -0.1) is 0 Å². The predicted molar refractivity (Wildman–Crippen MR) is 136 cm³/mol. The Morgan fingerprint density at radius 1 is 0.588 bits per heavy atom. The molecule has 4 aromatic carbocycles. The normalized spacial score (nSPS) is 10.9. The molecule has 0 heterocycles. The average molecular weight is 456 g/mol. The number of aryl methyl sites for hydroxylation is 5. The maximum absolute atomic E-state index is 11.1.